The molecular formula is C61H59N3O. The minimum atomic E-state index is -0.318. The van der Waals surface area contributed by atoms with Gasteiger partial charge < -0.3 is 5.11 Å². The van der Waals surface area contributed by atoms with Crippen LogP contribution < -0.4 is 0 Å². The number of phenols is 1. The molecule has 2 heterocycles. The van der Waals surface area contributed by atoms with Crippen molar-refractivity contribution >= 4 is 11.0 Å². The number of hydrogen-bond donors (Lipinski definition) is 1. The van der Waals surface area contributed by atoms with Crippen LogP contribution in [0.15, 0.2) is 170 Å². The van der Waals surface area contributed by atoms with Gasteiger partial charge in [0.05, 0.1) is 28.0 Å². The zero-order valence-electron chi connectivity index (χ0n) is 39.5. The fourth-order valence-electron chi connectivity index (χ4n) is 8.88. The molecule has 0 amide bonds. The van der Waals surface area contributed by atoms with Gasteiger partial charge in [0, 0.05) is 28.5 Å². The van der Waals surface area contributed by atoms with Crippen molar-refractivity contribution in [2.24, 2.45) is 0 Å². The average molecular weight is 850 g/mol. The van der Waals surface area contributed by atoms with Gasteiger partial charge in [0.1, 0.15) is 11.6 Å². The second-order valence-electron chi connectivity index (χ2n) is 20.7. The molecule has 0 unspecified atom stereocenters. The molecule has 0 saturated heterocycles. The van der Waals surface area contributed by atoms with Crippen LogP contribution in [0.2, 0.25) is 0 Å². The lowest BCUT2D eigenvalue weighted by atomic mass is 9.79. The Bertz CT molecular complexity index is 3190. The van der Waals surface area contributed by atoms with Crippen LogP contribution in [0.4, 0.5) is 0 Å². The van der Waals surface area contributed by atoms with Gasteiger partial charge in [-0.15, -0.1) is 0 Å². The highest BCUT2D eigenvalue weighted by Crippen LogP contribution is 2.46. The molecule has 0 aliphatic heterocycles. The summed E-state index contributed by atoms with van der Waals surface area (Å²) in [6, 6.07) is 58.5. The topological polar surface area (TPSA) is 50.9 Å². The number of para-hydroxylation sites is 1. The zero-order chi connectivity index (χ0) is 45.8. The van der Waals surface area contributed by atoms with Crippen LogP contribution in [0.25, 0.3) is 83.9 Å². The Morgan fingerprint density at radius 1 is 0.446 bits per heavy atom. The van der Waals surface area contributed by atoms with Crippen LogP contribution in [-0.2, 0) is 16.2 Å². The largest absolute Gasteiger partial charge is 0.507 e. The summed E-state index contributed by atoms with van der Waals surface area (Å²) < 4.78 is 2.27. The number of hydrogen-bond acceptors (Lipinski definition) is 3. The van der Waals surface area contributed by atoms with E-state index in [1.165, 1.54) is 22.3 Å². The van der Waals surface area contributed by atoms with Gasteiger partial charge in [-0.25, -0.2) is 4.98 Å². The van der Waals surface area contributed by atoms with Gasteiger partial charge >= 0.3 is 0 Å². The normalized spacial score (nSPS) is 12.2. The van der Waals surface area contributed by atoms with E-state index in [9.17, 15) is 5.11 Å². The molecule has 4 heteroatoms. The molecule has 9 aromatic rings. The standard InChI is InChI=1S/C61H59N3O/c1-39-24-29-54(50(32-39)43-20-15-12-16-21-43)64-55-23-17-22-49(56(55)63-58(64)51-37-48(60(5,6)7)38-52(57(51)65)61(8,9)10)45-33-46(35-47(34-45)59(2,3)4)53-36-44(30-31-62-53)42-27-25-41(26-28-42)40-18-13-11-14-19-40/h11-38,65H,1-10H3. The molecule has 1 N–H and O–H groups in total. The molecule has 65 heavy (non-hydrogen) atoms. The molecule has 4 nitrogen and oxygen atoms in total. The molecule has 0 bridgehead atoms. The van der Waals surface area contributed by atoms with Crippen molar-refractivity contribution in [2.45, 2.75) is 85.5 Å². The first-order valence-corrected chi connectivity index (χ1v) is 22.8. The Hall–Kier alpha value is -7.04. The van der Waals surface area contributed by atoms with Gasteiger partial charge in [0.2, 0.25) is 0 Å². The average Bonchev–Trinajstić information content (AvgIpc) is 3.68. The SMILES string of the molecule is Cc1ccc(-n2c(-c3cc(C(C)(C)C)cc(C(C)(C)C)c3O)nc3c(-c4cc(-c5cc(-c6ccc(-c7ccccc7)cc6)ccn5)cc(C(C)(C)C)c4)cccc32)c(-c2ccccc2)c1. The molecule has 0 spiro atoms. The third-order valence-corrected chi connectivity index (χ3v) is 12.7. The smallest absolute Gasteiger partial charge is 0.149 e. The van der Waals surface area contributed by atoms with Gasteiger partial charge in [0.15, 0.2) is 0 Å². The molecule has 0 aliphatic carbocycles. The van der Waals surface area contributed by atoms with E-state index in [2.05, 4.69) is 238 Å². The minimum absolute atomic E-state index is 0.150. The Morgan fingerprint density at radius 3 is 1.69 bits per heavy atom. The van der Waals surface area contributed by atoms with Crippen LogP contribution in [0.5, 0.6) is 5.75 Å². The Morgan fingerprint density at radius 2 is 1.05 bits per heavy atom. The maximum Gasteiger partial charge on any atom is 0.149 e. The summed E-state index contributed by atoms with van der Waals surface area (Å²) in [5.41, 5.74) is 18.2. The van der Waals surface area contributed by atoms with E-state index in [0.29, 0.717) is 11.4 Å². The third kappa shape index (κ3) is 8.54. The highest BCUT2D eigenvalue weighted by molar-refractivity contribution is 5.98. The number of imidazole rings is 1. The summed E-state index contributed by atoms with van der Waals surface area (Å²) in [6.07, 6.45) is 1.92. The fourth-order valence-corrected chi connectivity index (χ4v) is 8.88. The van der Waals surface area contributed by atoms with Crippen molar-refractivity contribution < 1.29 is 5.11 Å². The van der Waals surface area contributed by atoms with Crippen LogP contribution in [0, 0.1) is 6.92 Å². The molecule has 9 rings (SSSR count). The molecule has 0 atom stereocenters. The first-order chi connectivity index (χ1) is 30.9. The number of rotatable bonds is 7. The number of fused-ring (bicyclic) bond motifs is 1. The van der Waals surface area contributed by atoms with Crippen molar-refractivity contribution in [2.75, 3.05) is 0 Å². The molecule has 0 fully saturated rings. The van der Waals surface area contributed by atoms with Gasteiger partial charge in [-0.05, 0) is 116 Å². The van der Waals surface area contributed by atoms with E-state index in [4.69, 9.17) is 9.97 Å². The van der Waals surface area contributed by atoms with Crippen molar-refractivity contribution in [1.82, 2.24) is 14.5 Å². The summed E-state index contributed by atoms with van der Waals surface area (Å²) in [5.74, 6) is 0.956. The molecular weight excluding hydrogens is 791 g/mol. The molecule has 7 aromatic carbocycles. The van der Waals surface area contributed by atoms with E-state index < -0.39 is 0 Å². The van der Waals surface area contributed by atoms with Crippen molar-refractivity contribution in [3.8, 4) is 78.6 Å². The Kier molecular flexibility index (Phi) is 11.0. The van der Waals surface area contributed by atoms with Crippen molar-refractivity contribution in [3.63, 3.8) is 0 Å². The van der Waals surface area contributed by atoms with E-state index in [1.807, 2.05) is 6.20 Å². The minimum Gasteiger partial charge on any atom is -0.507 e. The Labute approximate surface area is 385 Å². The van der Waals surface area contributed by atoms with Crippen LogP contribution >= 0.6 is 0 Å². The maximum absolute atomic E-state index is 12.5. The number of benzene rings is 7. The number of aryl methyl sites for hydroxylation is 1. The lowest BCUT2D eigenvalue weighted by molar-refractivity contribution is 0.446. The van der Waals surface area contributed by atoms with E-state index in [1.54, 1.807) is 0 Å². The summed E-state index contributed by atoms with van der Waals surface area (Å²) in [7, 11) is 0. The number of phenolic OH excluding ortho intramolecular Hbond substituents is 1. The highest BCUT2D eigenvalue weighted by atomic mass is 16.3. The van der Waals surface area contributed by atoms with E-state index in [-0.39, 0.29) is 22.0 Å². The van der Waals surface area contributed by atoms with Gasteiger partial charge in [-0.1, -0.05) is 183 Å². The number of pyridine rings is 1. The quantitative estimate of drug-likeness (QED) is 0.174. The monoisotopic (exact) mass is 849 g/mol. The third-order valence-electron chi connectivity index (χ3n) is 12.7. The number of nitrogens with zero attached hydrogens (tertiary/aromatic N) is 3. The first-order valence-electron chi connectivity index (χ1n) is 22.8. The maximum atomic E-state index is 12.5. The Balaban J connectivity index is 1.28. The molecule has 0 saturated carbocycles. The first kappa shape index (κ1) is 43.2. The van der Waals surface area contributed by atoms with Crippen LogP contribution in [-0.4, -0.2) is 19.6 Å². The zero-order valence-corrected chi connectivity index (χ0v) is 39.5. The summed E-state index contributed by atoms with van der Waals surface area (Å²) in [4.78, 5) is 10.6. The highest BCUT2D eigenvalue weighted by Gasteiger charge is 2.29. The molecule has 2 aromatic heterocycles. The number of aromatic hydroxyl groups is 1. The second-order valence-corrected chi connectivity index (χ2v) is 20.7. The predicted octanol–water partition coefficient (Wildman–Crippen LogP) is 16.3. The van der Waals surface area contributed by atoms with Crippen LogP contribution in [0.1, 0.15) is 84.6 Å². The molecule has 324 valence electrons. The number of aromatic nitrogens is 3. The van der Waals surface area contributed by atoms with Gasteiger partial charge in [-0.3, -0.25) is 9.55 Å². The van der Waals surface area contributed by atoms with Gasteiger partial charge in [0.25, 0.3) is 0 Å². The summed E-state index contributed by atoms with van der Waals surface area (Å²) >= 11 is 0. The van der Waals surface area contributed by atoms with Crippen LogP contribution in [0.3, 0.4) is 0 Å². The second kappa shape index (κ2) is 16.5. The van der Waals surface area contributed by atoms with E-state index in [0.717, 1.165) is 72.5 Å². The van der Waals surface area contributed by atoms with Crippen molar-refractivity contribution in [3.05, 3.63) is 192 Å². The summed E-state index contributed by atoms with van der Waals surface area (Å²) in [5, 5.41) is 12.5. The lowest BCUT2D eigenvalue weighted by Gasteiger charge is -2.27. The van der Waals surface area contributed by atoms with Crippen molar-refractivity contribution in [1.29, 1.82) is 0 Å². The predicted molar refractivity (Wildman–Crippen MR) is 274 cm³/mol. The summed E-state index contributed by atoms with van der Waals surface area (Å²) in [6.45, 7) is 22.1. The molecule has 0 radical (unpaired) electrons. The lowest BCUT2D eigenvalue weighted by Crippen LogP contribution is -2.17. The van der Waals surface area contributed by atoms with Gasteiger partial charge in [-0.2, -0.15) is 0 Å². The molecule has 0 aliphatic rings. The van der Waals surface area contributed by atoms with E-state index >= 15 is 0 Å². The fraction of sp³-hybridized carbons (Fsp3) is 0.213.